The molecule has 0 saturated carbocycles. The lowest BCUT2D eigenvalue weighted by Gasteiger charge is -2.01. The minimum absolute atomic E-state index is 0.0377. The maximum atomic E-state index is 13.7. The first-order valence-corrected chi connectivity index (χ1v) is 8.61. The minimum atomic E-state index is -1.08. The average Bonchev–Trinajstić information content (AvgIpc) is 3.00. The summed E-state index contributed by atoms with van der Waals surface area (Å²) in [5.41, 5.74) is 1.02. The van der Waals surface area contributed by atoms with Gasteiger partial charge >= 0.3 is 5.97 Å². The quantitative estimate of drug-likeness (QED) is 0.530. The summed E-state index contributed by atoms with van der Waals surface area (Å²) in [5, 5.41) is 9.63. The van der Waals surface area contributed by atoms with Crippen molar-refractivity contribution in [2.24, 2.45) is 0 Å². The summed E-state index contributed by atoms with van der Waals surface area (Å²) < 4.78 is 19.4. The number of rotatable bonds is 5. The van der Waals surface area contributed by atoms with E-state index in [1.54, 1.807) is 0 Å². The van der Waals surface area contributed by atoms with Crippen LogP contribution >= 0.6 is 23.4 Å². The summed E-state index contributed by atoms with van der Waals surface area (Å²) in [6.45, 7) is 0. The molecule has 9 heteroatoms. The van der Waals surface area contributed by atoms with Gasteiger partial charge in [-0.3, -0.25) is 4.79 Å². The Hall–Kier alpha value is -2.45. The van der Waals surface area contributed by atoms with E-state index < -0.39 is 11.8 Å². The van der Waals surface area contributed by atoms with Gasteiger partial charge in [0.15, 0.2) is 10.9 Å². The molecule has 3 rings (SSSR count). The third kappa shape index (κ3) is 3.80. The zero-order valence-corrected chi connectivity index (χ0v) is 14.4. The molecule has 0 atom stereocenters. The van der Waals surface area contributed by atoms with Gasteiger partial charge in [-0.25, -0.2) is 19.3 Å². The number of carboxylic acids is 1. The third-order valence-corrected chi connectivity index (χ3v) is 4.14. The summed E-state index contributed by atoms with van der Waals surface area (Å²) in [7, 11) is 0. The van der Waals surface area contributed by atoms with Gasteiger partial charge in [0, 0.05) is 18.0 Å². The number of oxazole rings is 1. The molecule has 0 unspecified atom stereocenters. The molecule has 25 heavy (non-hydrogen) atoms. The monoisotopic (exact) mass is 379 g/mol. The van der Waals surface area contributed by atoms with E-state index in [2.05, 4.69) is 15.0 Å². The Balaban J connectivity index is 2.07. The number of benzene rings is 1. The second-order valence-corrected chi connectivity index (χ2v) is 6.13. The number of halogens is 2. The van der Waals surface area contributed by atoms with Gasteiger partial charge in [-0.15, -0.1) is 0 Å². The van der Waals surface area contributed by atoms with E-state index >= 15 is 0 Å². The molecule has 0 amide bonds. The minimum Gasteiger partial charge on any atom is -0.481 e. The number of hydrogen-bond donors (Lipinski definition) is 1. The van der Waals surface area contributed by atoms with Gasteiger partial charge in [-0.05, 0) is 24.5 Å². The second kappa shape index (κ2) is 7.20. The number of aliphatic carboxylic acids is 1. The van der Waals surface area contributed by atoms with Crippen LogP contribution in [-0.2, 0) is 11.2 Å². The van der Waals surface area contributed by atoms with Crippen molar-refractivity contribution in [1.29, 1.82) is 0 Å². The van der Waals surface area contributed by atoms with Crippen LogP contribution in [0, 0.1) is 5.82 Å². The van der Waals surface area contributed by atoms with E-state index in [0.29, 0.717) is 16.3 Å². The van der Waals surface area contributed by atoms with Crippen LogP contribution < -0.4 is 0 Å². The number of nitrogens with zero attached hydrogens (tertiary/aromatic N) is 3. The molecule has 0 aliphatic rings. The summed E-state index contributed by atoms with van der Waals surface area (Å²) in [4.78, 5) is 23.6. The van der Waals surface area contributed by atoms with Crippen LogP contribution in [0.2, 0.25) is 5.02 Å². The normalized spacial score (nSPS) is 10.8. The number of carbonyl (C=O) groups is 1. The SMILES string of the molecule is CSc1ncc(-c2nc(CC(=O)O)c(-c3ccc(Cl)c(F)c3)o2)cn1. The molecule has 2 aromatic heterocycles. The fourth-order valence-corrected chi connectivity index (χ4v) is 2.57. The van der Waals surface area contributed by atoms with Crippen LogP contribution in [0.5, 0.6) is 0 Å². The molecule has 0 aliphatic heterocycles. The van der Waals surface area contributed by atoms with Gasteiger partial charge in [0.2, 0.25) is 5.89 Å². The number of thioether (sulfide) groups is 1. The van der Waals surface area contributed by atoms with Crippen LogP contribution in [0.3, 0.4) is 0 Å². The van der Waals surface area contributed by atoms with Gasteiger partial charge in [0.05, 0.1) is 22.7 Å². The van der Waals surface area contributed by atoms with Crippen molar-refractivity contribution >= 4 is 29.3 Å². The van der Waals surface area contributed by atoms with Crippen molar-refractivity contribution in [2.45, 2.75) is 11.6 Å². The molecule has 0 saturated heterocycles. The van der Waals surface area contributed by atoms with E-state index in [1.165, 1.54) is 42.4 Å². The summed E-state index contributed by atoms with van der Waals surface area (Å²) in [6.07, 6.45) is 4.54. The average molecular weight is 380 g/mol. The lowest BCUT2D eigenvalue weighted by Crippen LogP contribution is -2.01. The molecule has 6 nitrogen and oxygen atoms in total. The lowest BCUT2D eigenvalue weighted by atomic mass is 10.1. The molecular formula is C16H11ClFN3O3S. The number of carboxylic acid groups (broad SMARTS) is 1. The molecule has 0 spiro atoms. The fourth-order valence-electron chi connectivity index (χ4n) is 2.13. The largest absolute Gasteiger partial charge is 0.481 e. The highest BCUT2D eigenvalue weighted by atomic mass is 35.5. The molecular weight excluding hydrogens is 369 g/mol. The molecule has 3 aromatic rings. The van der Waals surface area contributed by atoms with Crippen LogP contribution in [0.1, 0.15) is 5.69 Å². The standard InChI is InChI=1S/C16H11ClFN3O3S/c1-25-16-19-6-9(7-20-16)15-21-12(5-13(22)23)14(24-15)8-2-3-10(17)11(18)4-8/h2-4,6-7H,5H2,1H3,(H,22,23). The topological polar surface area (TPSA) is 89.1 Å². The molecule has 0 radical (unpaired) electrons. The maximum absolute atomic E-state index is 13.7. The predicted molar refractivity (Wildman–Crippen MR) is 91.1 cm³/mol. The molecule has 1 aromatic carbocycles. The molecule has 0 fully saturated rings. The third-order valence-electron chi connectivity index (χ3n) is 3.26. The highest BCUT2D eigenvalue weighted by molar-refractivity contribution is 7.98. The smallest absolute Gasteiger partial charge is 0.309 e. The van der Waals surface area contributed by atoms with E-state index in [1.807, 2.05) is 6.26 Å². The van der Waals surface area contributed by atoms with Crippen molar-refractivity contribution in [1.82, 2.24) is 15.0 Å². The van der Waals surface area contributed by atoms with Gasteiger partial charge in [-0.1, -0.05) is 23.4 Å². The first-order valence-electron chi connectivity index (χ1n) is 7.01. The second-order valence-electron chi connectivity index (χ2n) is 4.95. The maximum Gasteiger partial charge on any atom is 0.309 e. The molecule has 128 valence electrons. The van der Waals surface area contributed by atoms with E-state index in [9.17, 15) is 9.18 Å². The Bertz CT molecular complexity index is 931. The van der Waals surface area contributed by atoms with Crippen molar-refractivity contribution in [3.8, 4) is 22.8 Å². The van der Waals surface area contributed by atoms with Crippen molar-refractivity contribution in [2.75, 3.05) is 6.26 Å². The molecule has 2 heterocycles. The predicted octanol–water partition coefficient (Wildman–Crippen LogP) is 3.94. The summed E-state index contributed by atoms with van der Waals surface area (Å²) >= 11 is 7.07. The zero-order chi connectivity index (χ0) is 18.0. The lowest BCUT2D eigenvalue weighted by molar-refractivity contribution is -0.136. The fraction of sp³-hybridized carbons (Fsp3) is 0.125. The van der Waals surface area contributed by atoms with Crippen molar-refractivity contribution in [3.63, 3.8) is 0 Å². The molecule has 1 N–H and O–H groups in total. The highest BCUT2D eigenvalue weighted by Crippen LogP contribution is 2.31. The van der Waals surface area contributed by atoms with Crippen LogP contribution in [0.4, 0.5) is 4.39 Å². The zero-order valence-electron chi connectivity index (χ0n) is 12.9. The Morgan fingerprint density at radius 1 is 1.32 bits per heavy atom. The Labute approximate surface area is 151 Å². The summed E-state index contributed by atoms with van der Waals surface area (Å²) in [6, 6.07) is 4.08. The highest BCUT2D eigenvalue weighted by Gasteiger charge is 2.20. The molecule has 0 bridgehead atoms. The number of aromatic nitrogens is 3. The Kier molecular flexibility index (Phi) is 5.00. The first-order chi connectivity index (χ1) is 12.0. The Morgan fingerprint density at radius 3 is 2.64 bits per heavy atom. The summed E-state index contributed by atoms with van der Waals surface area (Å²) in [5.74, 6) is -1.38. The van der Waals surface area contributed by atoms with Gasteiger partial charge in [0.25, 0.3) is 0 Å². The number of hydrogen-bond acceptors (Lipinski definition) is 6. The van der Waals surface area contributed by atoms with E-state index in [4.69, 9.17) is 21.1 Å². The van der Waals surface area contributed by atoms with Crippen LogP contribution in [0.25, 0.3) is 22.8 Å². The van der Waals surface area contributed by atoms with Crippen molar-refractivity contribution < 1.29 is 18.7 Å². The van der Waals surface area contributed by atoms with Crippen LogP contribution in [-0.4, -0.2) is 32.3 Å². The van der Waals surface area contributed by atoms with Gasteiger partial charge in [-0.2, -0.15) is 0 Å². The van der Waals surface area contributed by atoms with Gasteiger partial charge in [0.1, 0.15) is 5.82 Å². The first kappa shape index (κ1) is 17.4. The van der Waals surface area contributed by atoms with Crippen LogP contribution in [0.15, 0.2) is 40.2 Å². The molecule has 0 aliphatic carbocycles. The van der Waals surface area contributed by atoms with E-state index in [-0.39, 0.29) is 28.8 Å². The Morgan fingerprint density at radius 2 is 2.04 bits per heavy atom. The van der Waals surface area contributed by atoms with Gasteiger partial charge < -0.3 is 9.52 Å². The van der Waals surface area contributed by atoms with E-state index in [0.717, 1.165) is 0 Å². The van der Waals surface area contributed by atoms with Crippen molar-refractivity contribution in [3.05, 3.63) is 47.1 Å².